The molecule has 0 fully saturated rings. The number of carbonyl (C=O) groups excluding carboxylic acids is 1. The Hall–Kier alpha value is -3.06. The molecule has 1 aromatic carbocycles. The average Bonchev–Trinajstić information content (AvgIpc) is 3.26. The lowest BCUT2D eigenvalue weighted by Gasteiger charge is -2.07. The molecule has 0 aliphatic heterocycles. The van der Waals surface area contributed by atoms with Gasteiger partial charge in [-0.2, -0.15) is 0 Å². The Balaban J connectivity index is 1.76. The minimum absolute atomic E-state index is 0.207. The topological polar surface area (TPSA) is 46.4 Å². The van der Waals surface area contributed by atoms with Gasteiger partial charge in [-0.25, -0.2) is 13.8 Å². The highest BCUT2D eigenvalue weighted by Crippen LogP contribution is 2.30. The van der Waals surface area contributed by atoms with Gasteiger partial charge in [0.1, 0.15) is 17.2 Å². The predicted octanol–water partition coefficient (Wildman–Crippen LogP) is 4.52. The minimum Gasteiger partial charge on any atom is -0.310 e. The van der Waals surface area contributed by atoms with Crippen LogP contribution in [0.2, 0.25) is 0 Å². The van der Waals surface area contributed by atoms with E-state index in [0.29, 0.717) is 22.7 Å². The van der Waals surface area contributed by atoms with Crippen molar-refractivity contribution in [3.63, 3.8) is 0 Å². The van der Waals surface area contributed by atoms with Crippen LogP contribution in [0.3, 0.4) is 0 Å². The van der Waals surface area contributed by atoms with E-state index in [1.54, 1.807) is 22.7 Å². The normalized spacial score (nSPS) is 11.0. The highest BCUT2D eigenvalue weighted by molar-refractivity contribution is 7.10. The number of amides is 1. The van der Waals surface area contributed by atoms with Gasteiger partial charge in [0.05, 0.1) is 6.42 Å². The van der Waals surface area contributed by atoms with Gasteiger partial charge in [0.2, 0.25) is 5.91 Å². The number of pyridine rings is 1. The molecule has 3 heterocycles. The largest absolute Gasteiger partial charge is 0.310 e. The van der Waals surface area contributed by atoms with Gasteiger partial charge in [0.15, 0.2) is 11.6 Å². The van der Waals surface area contributed by atoms with E-state index < -0.39 is 11.6 Å². The fraction of sp³-hybridized carbons (Fsp3) is 0.0526. The predicted molar refractivity (Wildman–Crippen MR) is 97.2 cm³/mol. The van der Waals surface area contributed by atoms with E-state index >= 15 is 0 Å². The average molecular weight is 369 g/mol. The van der Waals surface area contributed by atoms with Gasteiger partial charge >= 0.3 is 0 Å². The molecular formula is C19H13F2N3OS. The second-order valence-electron chi connectivity index (χ2n) is 5.67. The summed E-state index contributed by atoms with van der Waals surface area (Å²) in [6, 6.07) is 12.7. The van der Waals surface area contributed by atoms with Crippen LogP contribution in [0.25, 0.3) is 16.9 Å². The van der Waals surface area contributed by atoms with Crippen molar-refractivity contribution >= 4 is 28.7 Å². The first-order chi connectivity index (χ1) is 12.6. The number of rotatable bonds is 4. The Bertz CT molecular complexity index is 1090. The van der Waals surface area contributed by atoms with Crippen molar-refractivity contribution in [2.24, 2.45) is 0 Å². The van der Waals surface area contributed by atoms with E-state index in [4.69, 9.17) is 0 Å². The summed E-state index contributed by atoms with van der Waals surface area (Å²) in [5.41, 5.74) is 1.37. The molecule has 0 bridgehead atoms. The summed E-state index contributed by atoms with van der Waals surface area (Å²) in [4.78, 5) is 17.8. The van der Waals surface area contributed by atoms with Crippen molar-refractivity contribution < 1.29 is 13.6 Å². The first-order valence-corrected chi connectivity index (χ1v) is 8.74. The first-order valence-electron chi connectivity index (χ1n) is 7.86. The second kappa shape index (κ2) is 6.68. The first kappa shape index (κ1) is 16.4. The van der Waals surface area contributed by atoms with Crippen molar-refractivity contribution in [1.82, 2.24) is 9.38 Å². The monoisotopic (exact) mass is 369 g/mol. The van der Waals surface area contributed by atoms with Crippen LogP contribution in [-0.2, 0) is 11.2 Å². The maximum atomic E-state index is 13.7. The lowest BCUT2D eigenvalue weighted by molar-refractivity contribution is -0.115. The molecule has 0 atom stereocenters. The van der Waals surface area contributed by atoms with Crippen molar-refractivity contribution in [2.45, 2.75) is 6.42 Å². The number of carbonyl (C=O) groups is 1. The molecule has 7 heteroatoms. The van der Waals surface area contributed by atoms with Gasteiger partial charge in [-0.15, -0.1) is 11.3 Å². The van der Waals surface area contributed by atoms with Crippen LogP contribution in [0.4, 0.5) is 14.6 Å². The molecular weight excluding hydrogens is 356 g/mol. The summed E-state index contributed by atoms with van der Waals surface area (Å²) < 4.78 is 28.7. The summed E-state index contributed by atoms with van der Waals surface area (Å²) in [5.74, 6) is -1.67. The van der Waals surface area contributed by atoms with Crippen LogP contribution in [0, 0.1) is 11.6 Å². The molecule has 4 nitrogen and oxygen atoms in total. The molecule has 0 saturated heterocycles. The number of nitrogens with one attached hydrogen (secondary N) is 1. The third-order valence-corrected chi connectivity index (χ3v) is 4.77. The number of nitrogens with zero attached hydrogens (tertiary/aromatic N) is 2. The molecule has 0 aliphatic rings. The molecule has 0 aliphatic carbocycles. The quantitative estimate of drug-likeness (QED) is 0.575. The minimum atomic E-state index is -0.963. The smallest absolute Gasteiger partial charge is 0.230 e. The number of anilines is 1. The molecule has 0 spiro atoms. The van der Waals surface area contributed by atoms with Gasteiger partial charge in [-0.05, 0) is 41.8 Å². The molecule has 0 saturated carbocycles. The second-order valence-corrected chi connectivity index (χ2v) is 6.70. The molecule has 1 amide bonds. The molecule has 4 aromatic rings. The number of halogens is 2. The number of thiophene rings is 1. The van der Waals surface area contributed by atoms with Crippen molar-refractivity contribution in [1.29, 1.82) is 0 Å². The molecule has 130 valence electrons. The Morgan fingerprint density at radius 3 is 2.77 bits per heavy atom. The number of fused-ring (bicyclic) bond motifs is 1. The van der Waals surface area contributed by atoms with Crippen LogP contribution >= 0.6 is 11.3 Å². The number of hydrogen-bond donors (Lipinski definition) is 1. The fourth-order valence-corrected chi connectivity index (χ4v) is 3.41. The fourth-order valence-electron chi connectivity index (χ4n) is 2.71. The maximum absolute atomic E-state index is 13.7. The number of benzene rings is 1. The molecule has 4 rings (SSSR count). The molecule has 0 unspecified atom stereocenters. The van der Waals surface area contributed by atoms with Gasteiger partial charge in [-0.1, -0.05) is 12.1 Å². The highest BCUT2D eigenvalue weighted by atomic mass is 32.1. The Morgan fingerprint density at radius 2 is 2.00 bits per heavy atom. The number of imidazole rings is 1. The zero-order chi connectivity index (χ0) is 18.1. The zero-order valence-corrected chi connectivity index (χ0v) is 14.3. The molecule has 3 aromatic heterocycles. The summed E-state index contributed by atoms with van der Waals surface area (Å²) in [5, 5.41) is 4.76. The van der Waals surface area contributed by atoms with E-state index in [0.717, 1.165) is 17.0 Å². The Kier molecular flexibility index (Phi) is 4.22. The van der Waals surface area contributed by atoms with Gasteiger partial charge in [-0.3, -0.25) is 9.20 Å². The van der Waals surface area contributed by atoms with Crippen molar-refractivity contribution in [3.05, 3.63) is 76.6 Å². The van der Waals surface area contributed by atoms with Crippen molar-refractivity contribution in [2.75, 3.05) is 5.32 Å². The van der Waals surface area contributed by atoms with Crippen LogP contribution < -0.4 is 5.32 Å². The third kappa shape index (κ3) is 3.09. The van der Waals surface area contributed by atoms with Crippen LogP contribution in [-0.4, -0.2) is 15.3 Å². The SMILES string of the molecule is O=C(Cc1cccs1)Nc1c(-c2ccc(F)c(F)c2)nc2ccccn12. The van der Waals surface area contributed by atoms with E-state index in [1.165, 1.54) is 17.4 Å². The van der Waals surface area contributed by atoms with Crippen LogP contribution in [0.15, 0.2) is 60.1 Å². The summed E-state index contributed by atoms with van der Waals surface area (Å²) in [6.45, 7) is 0. The van der Waals surface area contributed by atoms with Crippen LogP contribution in [0.5, 0.6) is 0 Å². The lowest BCUT2D eigenvalue weighted by Crippen LogP contribution is -2.15. The lowest BCUT2D eigenvalue weighted by atomic mass is 10.1. The third-order valence-electron chi connectivity index (χ3n) is 3.90. The summed E-state index contributed by atoms with van der Waals surface area (Å²) >= 11 is 1.50. The van der Waals surface area contributed by atoms with Gasteiger partial charge in [0.25, 0.3) is 0 Å². The van der Waals surface area contributed by atoms with E-state index in [2.05, 4.69) is 10.3 Å². The van der Waals surface area contributed by atoms with Crippen LogP contribution in [0.1, 0.15) is 4.88 Å². The van der Waals surface area contributed by atoms with E-state index in [-0.39, 0.29) is 12.3 Å². The molecule has 0 radical (unpaired) electrons. The molecule has 26 heavy (non-hydrogen) atoms. The van der Waals surface area contributed by atoms with Crippen molar-refractivity contribution in [3.8, 4) is 11.3 Å². The zero-order valence-electron chi connectivity index (χ0n) is 13.4. The van der Waals surface area contributed by atoms with Gasteiger partial charge < -0.3 is 5.32 Å². The van der Waals surface area contributed by atoms with E-state index in [1.807, 2.05) is 23.6 Å². The standard InChI is InChI=1S/C19H13F2N3OS/c20-14-7-6-12(10-15(14)21)18-19(24-8-2-1-5-16(24)22-18)23-17(25)11-13-4-3-9-26-13/h1-10H,11H2,(H,23,25). The maximum Gasteiger partial charge on any atom is 0.230 e. The Labute approximate surface area is 151 Å². The van der Waals surface area contributed by atoms with Gasteiger partial charge in [0, 0.05) is 16.6 Å². The summed E-state index contributed by atoms with van der Waals surface area (Å²) in [6.07, 6.45) is 1.99. The van der Waals surface area contributed by atoms with E-state index in [9.17, 15) is 13.6 Å². The highest BCUT2D eigenvalue weighted by Gasteiger charge is 2.18. The molecule has 1 N–H and O–H groups in total. The summed E-state index contributed by atoms with van der Waals surface area (Å²) in [7, 11) is 0. The Morgan fingerprint density at radius 1 is 1.12 bits per heavy atom. The number of aromatic nitrogens is 2. The number of hydrogen-bond acceptors (Lipinski definition) is 3.